The summed E-state index contributed by atoms with van der Waals surface area (Å²) in [6.45, 7) is 18.3. The highest BCUT2D eigenvalue weighted by Gasteiger charge is 2.51. The number of hydrogen-bond donors (Lipinski definition) is 1. The minimum absolute atomic E-state index is 0. The second-order valence-corrected chi connectivity index (χ2v) is 17.6. The number of fused-ring (bicyclic) bond motifs is 6. The van der Waals surface area contributed by atoms with E-state index < -0.39 is 5.41 Å². The highest BCUT2D eigenvalue weighted by molar-refractivity contribution is 6.03. The molecule has 1 N–H and O–H groups in total. The van der Waals surface area contributed by atoms with E-state index in [0.29, 0.717) is 24.1 Å². The van der Waals surface area contributed by atoms with Crippen LogP contribution in [0.25, 0.3) is 22.8 Å². The van der Waals surface area contributed by atoms with Crippen molar-refractivity contribution < 1.29 is 530 Å². The smallest absolute Gasteiger partial charge is 0.229 e. The monoisotopic (exact) mass is 1810 g/mol. The maximum atomic E-state index is 12.7. The molecule has 2 aromatic heterocycles. The number of hydrogen-bond acceptors (Lipinski definition) is 7. The van der Waals surface area contributed by atoms with E-state index in [1.807, 2.05) is 32.1 Å². The fraction of sp³-hybridized carbons (Fsp3) is 0.438. The highest BCUT2D eigenvalue weighted by atomic mass is 16.2. The van der Waals surface area contributed by atoms with Gasteiger partial charge in [-0.3, -0.25) is 19.0 Å². The van der Waals surface area contributed by atoms with Crippen molar-refractivity contribution in [1.29, 1.82) is 10.5 Å². The molecule has 4 aromatic rings. The molecule has 2 aromatic carbocycles. The minimum Gasteiger partial charge on any atom is -0.342 e. The van der Waals surface area contributed by atoms with E-state index in [0.717, 1.165) is 59.0 Å². The van der Waals surface area contributed by atoms with Gasteiger partial charge in [0.25, 0.3) is 0 Å². The second kappa shape index (κ2) is 14.7. The van der Waals surface area contributed by atoms with Crippen molar-refractivity contribution in [1.82, 2.24) is 19.5 Å². The molecule has 6 atom stereocenters. The summed E-state index contributed by atoms with van der Waals surface area (Å²) in [5.41, 5.74) is 7.92. The van der Waals surface area contributed by atoms with Crippen molar-refractivity contribution in [2.45, 2.75) is 111 Å². The van der Waals surface area contributed by atoms with E-state index in [9.17, 15) is 24.9 Å². The predicted molar refractivity (Wildman–Crippen MR) is 588 cm³/mol. The number of carbonyl (C=O) groups excluding carboxylic acids is 3. The zero-order valence-corrected chi connectivity index (χ0v) is 34.5. The lowest BCUT2D eigenvalue weighted by Crippen LogP contribution is -2.45. The van der Waals surface area contributed by atoms with Gasteiger partial charge in [-0.2, -0.15) is 10.5 Å². The third-order valence-corrected chi connectivity index (χ3v) is 13.4. The van der Waals surface area contributed by atoms with E-state index in [4.69, 9.17) is 524 Å². The Morgan fingerprint density at radius 3 is 1.74 bits per heavy atom. The van der Waals surface area contributed by atoms with Crippen molar-refractivity contribution in [3.05, 3.63) is 106 Å². The molecule has 9 nitrogen and oxygen atoms in total. The quantitative estimate of drug-likeness (QED) is 0.214. The maximum Gasteiger partial charge on any atom is 0.229 e. The molecule has 0 aliphatic heterocycles. The number of rotatable bonds is 4. The third kappa shape index (κ3) is 6.52. The Morgan fingerprint density at radius 2 is 1.26 bits per heavy atom. The molecular formula is C48H400N6O3. The summed E-state index contributed by atoms with van der Waals surface area (Å²) in [5.74, 6) is 2.13. The number of aromatic nitrogens is 4. The number of allylic oxidation sites excluding steroid dienone is 4. The Hall–Kier alpha value is -5.67. The van der Waals surface area contributed by atoms with Crippen LogP contribution < -0.4 is 0 Å². The first-order chi connectivity index (χ1) is 200. The number of nitriles is 2. The number of imidazole rings is 2. The first-order valence-corrected chi connectivity index (χ1v) is 20.3. The first kappa shape index (κ1) is 2.45. The topological polar surface area (TPSA) is 145 Å². The number of nitrogens with zero attached hydrogens (tertiary/aromatic N) is 5. The van der Waals surface area contributed by atoms with Gasteiger partial charge in [0.1, 0.15) is 23.8 Å². The maximum absolute atomic E-state index is 12.7. The number of nitrogens with one attached hydrogen (secondary N) is 1. The lowest BCUT2D eigenvalue weighted by molar-refractivity contribution is -0.122. The van der Waals surface area contributed by atoms with Crippen LogP contribution in [-0.4, -0.2) is 37.0 Å². The van der Waals surface area contributed by atoms with Crippen molar-refractivity contribution in [3.8, 4) is 34.9 Å². The van der Waals surface area contributed by atoms with Gasteiger partial charge >= 0.3 is 0 Å². The van der Waals surface area contributed by atoms with Gasteiger partial charge in [0.05, 0.1) is 22.5 Å². The normalized spacial score (nSPS) is 50.4. The molecule has 0 unspecified atom stereocenters. The summed E-state index contributed by atoms with van der Waals surface area (Å²) in [5, 5.41) is 18.9. The number of aromatic amines is 1. The molecule has 0 saturated heterocycles. The van der Waals surface area contributed by atoms with Gasteiger partial charge in [0, 0.05) is 567 Å². The van der Waals surface area contributed by atoms with Crippen LogP contribution >= 0.6 is 0 Å². The van der Waals surface area contributed by atoms with Gasteiger partial charge in [-0.25, -0.2) is 9.97 Å². The molecular weight excluding hydrogens is 709 g/mol. The molecule has 0 fully saturated rings. The Labute approximate surface area is 871 Å². The number of aryl methyl sites for hydroxylation is 1. The van der Waals surface area contributed by atoms with E-state index in [1.54, 1.807) is 17.6 Å². The summed E-state index contributed by atoms with van der Waals surface area (Å²) < 4.78 is 1730. The van der Waals surface area contributed by atoms with Crippen LogP contribution in [0.2, 0.25) is 0 Å². The second-order valence-electron chi connectivity index (χ2n) is 17.6. The molecule has 0 radical (unpaired) electrons. The van der Waals surface area contributed by atoms with Crippen molar-refractivity contribution in [2.24, 2.45) is 23.7 Å². The highest BCUT2D eigenvalue weighted by Crippen LogP contribution is 2.51. The van der Waals surface area contributed by atoms with E-state index in [-0.39, 0.29) is 59.1 Å². The number of H-pyrrole nitrogens is 1. The largest absolute Gasteiger partial charge is 0.342 e. The van der Waals surface area contributed by atoms with Crippen LogP contribution in [-0.2, 0) is 33.3 Å². The lowest BCUT2D eigenvalue weighted by atomic mass is 9.58. The minimum atomic E-state index is -0.542. The fourth-order valence-corrected chi connectivity index (χ4v) is 10.1. The Bertz CT molecular complexity index is 2670. The molecule has 0 bridgehead atoms. The number of benzene rings is 2. The molecule has 0 saturated carbocycles. The Balaban J connectivity index is -0.00000000850. The number of Topliss-reactive ketones (excluding diaryl/α,β-unsaturated/α-hetero) is 2. The van der Waals surface area contributed by atoms with Crippen LogP contribution in [0.3, 0.4) is 0 Å². The van der Waals surface area contributed by atoms with E-state index >= 15 is 0 Å². The predicted octanol–water partition coefficient (Wildman–Crippen LogP) is 52.3. The SMILES string of the molecule is CC(=O)n1c(-c2ccc(C(C)C)cc2)nc2c1CC[C@@H]1[C@@H](C)C(=O)C(C#N)=C[C@@]21C.CC(C)c1ccc(-c2nc3c([nH]2)CC[C@@H]2[C@@H](C)C(=O)C(C#N)=C[C@@]32C)cc1.[3HH].[3H][3H].[3H][3H].[3H][3H].[3H][3H].[3H][3H].[3H][3H].[3H][3H].[3H][3H].[3H][3H].[3H][3H].[3H][3H].[3H][3H].[3H][3H].[3H][3H].[3H][3H].[3H][3H].[3H][3H].[3H][3H].[3H][3H].[3H][3H].[3H][3H].[3H][3H].[3H][3H].[3H][3H].[3H][3H].[3H][3H].[3H][3H].[3H][3H].[3H][3H].[3H][3H].[3H][3H].[3H][3H].[3H][3H].[3H][3H].[3H][3H].[3H][3H].[3H][3H].[3H][3H].[3H][3H].[3H][3H].[3H][3H].[3H][3H].[3H][3H].[3H][3H].[3H][3H].[3H][3H].[3H][3H].[3H][3H].[3H][3H].[3H][3H].[3H][3H].[3H][3H].[3H][3H].[3H][3H].[3H][3H].[3H][3H].[3H][3H].[3H][3H].[3H][3H].[3H][3H].[3H][3H].[3H][3H].[3H][3H].[3H][3H].[3H][3H].[3H][3H].[3H][3H].[3H][3H].[3H][3H].[3H][3H].[3H][3H].[3H][3H].[3H][3H].[3H][3H].[3H][3H].[3H][3H].[3H][3H].[3H][3H].[3H][3H].[3H][3H].[3H][3H].[3H][3H].[3H][3H].[3H][3H].[3H][3H].[3H][3H].[3H][3H].[3H][3H].[3H][3H].[3H][3H].[3H][3H].[3H][3H].[3H][3H].[3H][3H].[3H][3H].[3H][3H].[3H][3H].[3H][3H].[3H][3H].[3H][3H].[3H][3H].[3H][3H].[3H][3H].[3H][3H].[3H][3H].[3H][3H].[3H][3H].[3H][3H].[3H][3H].[3H][3H].[3H][3H].[3H][3H].[3H][3H].[3H][3H].[3H][3H].[3H][3H].[3H][3H].[3H][3H].[3H][3H].[3H][3H].[3H][3H].[3H][3H].[3H][3H].[3H][3H].[3H][3H].[3H][3H].[3H][3H].[3H][3H].[3H][3H].[3H][3H].[3H][3H].[3H][3H].[3H][3H].[3H][3H].[3H][3H].[3H][3H].[3H][3H].[3H][3H].[3H][3H].[3H][3H].[3H][3H].[3H][3H].[3H][3H].[3H][3H].[3H][3H].[3H][3H].[3H][3H].[3H][3H].[3H][3H].[3H][3H].[3H][3H].[3H][3H].[3H][3H].[3H][3H].[3H][3H].[3H][3H].[3H][3H].[3H][3H].[3H][3H].[3H][3H].[3H][3H].[3H][3H].[3H][3H].[3H][3H].[3H][3H].[3H][3H].[3H][3H].[3H][3H].[3H][3H].[3H][3H].[3H][3H].[3H][3H].[3H][3H]. The molecule has 8 rings (SSSR count). The Kier molecular flexibility index (Phi) is 0.631. The summed E-state index contributed by atoms with van der Waals surface area (Å²) in [4.78, 5) is 51.1. The molecule has 9 heteroatoms. The average molecular weight is 1810 g/mol. The van der Waals surface area contributed by atoms with Crippen molar-refractivity contribution in [3.63, 3.8) is 0 Å². The van der Waals surface area contributed by atoms with Gasteiger partial charge in [-0.05, 0) is 60.5 Å². The summed E-state index contributed by atoms with van der Waals surface area (Å²) in [7, 11) is 0. The molecule has 4 aliphatic rings. The van der Waals surface area contributed by atoms with Crippen molar-refractivity contribution in [2.75, 3.05) is 0 Å². The van der Waals surface area contributed by atoms with Crippen LogP contribution in [0.4, 0.5) is 0 Å². The summed E-state index contributed by atoms with van der Waals surface area (Å²) in [6.07, 6.45) is 6.96. The standard InChI is InChI=1S/C25H27N3O2.C23H25N3O.174H2/c1-14(2)17-6-8-18(9-7-17)24-27-23-21(28(24)16(4)29)11-10-20-15(3)22(30)19(13-26)12-25(20,23)5;1-13(2)15-5-7-16(8-6-15)22-25-19-10-9-18-14(3)20(27)17(12-24)11-23(18,4)21(19)26-22;;;;;;;;;;;;;;;;;;;;;;;;;;;;;;;;;;;;;;;;;;;;;;;;;;;;;;;;;;;;;;;;;;;;;;;;;;;;;;;;;;;;;;;;;;;;;;;;;;;;;;;;;;;;;;;;;;;;;;;;;;;;;;;;;;;;;;;;;;;;;;;;;;;;;;;;;;;;;;;;;;;;;;;;;;;;;;/h6-9,12,14-15,20H,10-11H2,1-5H3;5-8,11,13-14,18H,9-10H2,1-4H3,(H,25,26);174*1H/t15-,20-,25-;14-,18-,23-;;;;;;;;;;;;;;;;;;;;;;;;;;;;;;;;;;;;;;;;;;;;;;;;;;;;;;;;;;;;;;;;;;;;;;;;;;;;;;;;;;;;;;;;;;;;;;;;;;;;;;;;;;;;;;;;;;;;;;;;;;;;;;;;;;;;;;;;;;;;;;;;;;;;;;;;;;;;;;;;;;;;;;;;;;;;;;/m11............................................................................................................................................................................../s1/i;;173*1+2T;1+2. The number of ketones is 2. The van der Waals surface area contributed by atoms with Crippen LogP contribution in [0.1, 0.15) is 641 Å². The van der Waals surface area contributed by atoms with Crippen LogP contribution in [0.5, 0.6) is 0 Å². The molecule has 0 spiro atoms. The zero-order chi connectivity index (χ0) is 387. The lowest BCUT2D eigenvalue weighted by Gasteiger charge is -2.44. The molecule has 0 amide bonds. The number of carbonyl (C=O) groups is 3. The summed E-state index contributed by atoms with van der Waals surface area (Å²) in [6, 6.07) is 20.9. The van der Waals surface area contributed by atoms with Gasteiger partial charge in [0.2, 0.25) is 5.91 Å². The van der Waals surface area contributed by atoms with Crippen LogP contribution in [0, 0.1) is 46.3 Å². The summed E-state index contributed by atoms with van der Waals surface area (Å²) >= 11 is 0. The van der Waals surface area contributed by atoms with Crippen LogP contribution in [0.15, 0.2) is 71.8 Å². The van der Waals surface area contributed by atoms with Gasteiger partial charge in [0.15, 0.2) is 11.6 Å². The van der Waals surface area contributed by atoms with E-state index in [2.05, 4.69) is 95.1 Å². The molecule has 2 heterocycles. The third-order valence-electron chi connectivity index (χ3n) is 13.4. The Morgan fingerprint density at radius 1 is 0.789 bits per heavy atom. The molecule has 640 valence electrons. The molecule has 57 heavy (non-hydrogen) atoms. The van der Waals surface area contributed by atoms with Gasteiger partial charge in [-0.15, -0.1) is 0 Å². The fourth-order valence-electron chi connectivity index (χ4n) is 10.1. The molecule has 4 aliphatic carbocycles. The first-order valence-electron chi connectivity index (χ1n) is 193. The van der Waals surface area contributed by atoms with E-state index in [1.165, 1.54) is 11.1 Å². The van der Waals surface area contributed by atoms with Gasteiger partial charge in [-0.1, -0.05) is 116 Å². The average Bonchev–Trinajstić information content (AvgIpc) is 1.55. The van der Waals surface area contributed by atoms with Crippen molar-refractivity contribution >= 4 is 17.5 Å². The van der Waals surface area contributed by atoms with Gasteiger partial charge < -0.3 is 4.98 Å². The zero-order valence-electron chi connectivity index (χ0n) is 381.